The second-order valence-electron chi connectivity index (χ2n) is 19.6. The van der Waals surface area contributed by atoms with E-state index in [-0.39, 0.29) is 45.8 Å². The monoisotopic (exact) mass is 1140 g/mol. The summed E-state index contributed by atoms with van der Waals surface area (Å²) in [6, 6.07) is 39.2. The highest BCUT2D eigenvalue weighted by Crippen LogP contribution is 2.29. The number of nitrogens with one attached hydrogen (secondary N) is 4. The van der Waals surface area contributed by atoms with Gasteiger partial charge in [-0.05, 0) is 150 Å². The van der Waals surface area contributed by atoms with Crippen LogP contribution in [0.15, 0.2) is 146 Å². The molecule has 444 valence electrons. The molecular formula is C57H75F3N6O15. The van der Waals surface area contributed by atoms with Crippen LogP contribution in [-0.2, 0) is 28.5 Å². The van der Waals surface area contributed by atoms with Gasteiger partial charge < -0.3 is 61.8 Å². The molecule has 0 spiro atoms. The van der Waals surface area contributed by atoms with E-state index < -0.39 is 51.5 Å². The van der Waals surface area contributed by atoms with E-state index in [1.54, 1.807) is 174 Å². The molecule has 0 saturated heterocycles. The van der Waals surface area contributed by atoms with Crippen molar-refractivity contribution in [3.05, 3.63) is 173 Å². The zero-order chi connectivity index (χ0) is 60.6. The first-order valence-electron chi connectivity index (χ1n) is 23.7. The maximum atomic E-state index is 13.7. The van der Waals surface area contributed by atoms with E-state index in [4.69, 9.17) is 39.7 Å². The minimum atomic E-state index is -1.06. The fourth-order valence-corrected chi connectivity index (χ4v) is 5.20. The predicted octanol–water partition coefficient (Wildman–Crippen LogP) is 12.6. The molecule has 0 fully saturated rings. The summed E-state index contributed by atoms with van der Waals surface area (Å²) >= 11 is 0. The van der Waals surface area contributed by atoms with Gasteiger partial charge in [-0.2, -0.15) is 9.59 Å². The molecule has 0 radical (unpaired) electrons. The summed E-state index contributed by atoms with van der Waals surface area (Å²) in [7, 11) is 1.00. The van der Waals surface area contributed by atoms with E-state index in [1.807, 2.05) is 18.2 Å². The van der Waals surface area contributed by atoms with Crippen molar-refractivity contribution in [1.82, 2.24) is 0 Å². The molecule has 24 heteroatoms. The van der Waals surface area contributed by atoms with Gasteiger partial charge in [0.05, 0.1) is 50.3 Å². The maximum absolute atomic E-state index is 13.7. The lowest BCUT2D eigenvalue weighted by molar-refractivity contribution is -0.383. The number of ether oxygens (including phenoxy) is 4. The number of aliphatic hydroxyl groups excluding tert-OH is 1. The van der Waals surface area contributed by atoms with Crippen molar-refractivity contribution < 1.29 is 82.2 Å². The van der Waals surface area contributed by atoms with E-state index >= 15 is 0 Å². The number of nitro benzene ring substituents is 1. The number of carbonyl (C=O) groups is 3. The van der Waals surface area contributed by atoms with Crippen LogP contribution in [0.3, 0.4) is 0 Å². The second kappa shape index (κ2) is 37.7. The van der Waals surface area contributed by atoms with Gasteiger partial charge in [0.2, 0.25) is 0 Å². The minimum Gasteiger partial charge on any atom is -0.444 e. The van der Waals surface area contributed by atoms with Crippen LogP contribution in [0.4, 0.5) is 78.7 Å². The highest BCUT2D eigenvalue weighted by molar-refractivity contribution is 5.90. The third-order valence-electron chi connectivity index (χ3n) is 8.00. The first-order valence-corrected chi connectivity index (χ1v) is 23.7. The third kappa shape index (κ3) is 36.6. The van der Waals surface area contributed by atoms with Gasteiger partial charge in [-0.1, -0.05) is 72.8 Å². The lowest BCUT2D eigenvalue weighted by Crippen LogP contribution is -2.29. The zero-order valence-corrected chi connectivity index (χ0v) is 47.4. The fraction of sp³-hybridized carbons (Fsp3) is 0.298. The number of para-hydroxylation sites is 9. The van der Waals surface area contributed by atoms with Crippen LogP contribution in [0.2, 0.25) is 0 Å². The Morgan fingerprint density at radius 2 is 0.765 bits per heavy atom. The molecule has 0 atom stereocenters. The van der Waals surface area contributed by atoms with Crippen molar-refractivity contribution in [1.29, 1.82) is 0 Å². The van der Waals surface area contributed by atoms with Gasteiger partial charge in [-0.3, -0.25) is 15.4 Å². The molecule has 6 rings (SSSR count). The third-order valence-corrected chi connectivity index (χ3v) is 8.00. The number of halogens is 3. The molecule has 6 aromatic rings. The van der Waals surface area contributed by atoms with Crippen LogP contribution in [0.1, 0.15) is 83.1 Å². The van der Waals surface area contributed by atoms with Gasteiger partial charge >= 0.3 is 24.6 Å². The summed E-state index contributed by atoms with van der Waals surface area (Å²) in [5.41, 5.74) is 6.81. The van der Waals surface area contributed by atoms with Gasteiger partial charge in [0, 0.05) is 13.2 Å². The van der Waals surface area contributed by atoms with Crippen LogP contribution in [0, 0.1) is 27.6 Å². The van der Waals surface area contributed by atoms with Gasteiger partial charge in [0.25, 0.3) is 5.69 Å². The summed E-state index contributed by atoms with van der Waals surface area (Å²) in [6.45, 7) is 20.6. The number of benzene rings is 6. The molecular weight excluding hydrogens is 1070 g/mol. The summed E-state index contributed by atoms with van der Waals surface area (Å²) in [5.74, 6) is -1.11. The first kappa shape index (κ1) is 76.2. The summed E-state index contributed by atoms with van der Waals surface area (Å²) in [4.78, 5) is 60.4. The minimum absolute atomic E-state index is 0. The Hall–Kier alpha value is -9.06. The number of nitrogens with zero attached hydrogens (tertiary/aromatic N) is 1. The van der Waals surface area contributed by atoms with Gasteiger partial charge in [0.1, 0.15) is 39.9 Å². The molecule has 0 unspecified atom stereocenters. The van der Waals surface area contributed by atoms with Crippen molar-refractivity contribution in [3.63, 3.8) is 0 Å². The normalized spacial score (nSPS) is 10.0. The Morgan fingerprint density at radius 3 is 1.10 bits per heavy atom. The molecule has 21 nitrogen and oxygen atoms in total. The standard InChI is InChI=1S/C17H19FN2O2.C12H9FN2O2.C12H11FN2.C10H18O5.C4H10O.CO2.CH4O.2H2O/c1-17(2,3)22-16(21)20-15-11-7-6-10-14(15)19-13-9-5-4-8-12(13)18;13-9-5-1-2-6-10(9)14-11-7-3-4-8-12(11)15(16)17;13-9-5-1-3-7-11(9)15-12-8-4-2-6-10(12)14;1-9(2,3)14-7(11)13-8(12)15-10(4,5)6;1-4(2,3)5;2-1-3;1-2;;/h4-11,19H,1-3H3,(H,20,21);1-8,14H;1-8,15H,14H2;1-6H3;5H,1-3H3;;2H,1H3;2*1H2. The number of hydrogen-bond acceptors (Lipinski definition) is 17. The molecule has 6 aromatic carbocycles. The Kier molecular flexibility index (Phi) is 35.5. The van der Waals surface area contributed by atoms with Gasteiger partial charge in [-0.15, -0.1) is 0 Å². The number of nitro groups is 1. The number of carbonyl (C=O) groups excluding carboxylic acids is 5. The largest absolute Gasteiger partial charge is 0.519 e. The SMILES string of the molecule is CC(C)(C)O.CC(C)(C)OC(=O)Nc1ccccc1Nc1ccccc1F.CC(C)(C)OC(=O)OC(=O)OC(C)(C)C.CO.Nc1ccccc1Nc1ccccc1F.O.O.O=C=O.O=[N+]([O-])c1ccccc1Nc1ccccc1F. The summed E-state index contributed by atoms with van der Waals surface area (Å²) in [6.07, 6.45) is -2.43. The van der Waals surface area contributed by atoms with Crippen molar-refractivity contribution in [2.45, 2.75) is 105 Å². The average molecular weight is 1140 g/mol. The molecule has 81 heavy (non-hydrogen) atoms. The van der Waals surface area contributed by atoms with Crippen LogP contribution >= 0.6 is 0 Å². The van der Waals surface area contributed by atoms with Crippen molar-refractivity contribution in [2.75, 3.05) is 34.1 Å². The molecule has 0 aliphatic heterocycles. The number of rotatable bonds is 8. The molecule has 1 amide bonds. The second-order valence-corrected chi connectivity index (χ2v) is 19.6. The smallest absolute Gasteiger partial charge is 0.444 e. The quantitative estimate of drug-likeness (QED) is 0.0186. The van der Waals surface area contributed by atoms with Crippen molar-refractivity contribution >= 4 is 75.7 Å². The van der Waals surface area contributed by atoms with E-state index in [9.17, 15) is 37.7 Å². The lowest BCUT2D eigenvalue weighted by atomic mass is 10.2. The molecule has 0 heterocycles. The Labute approximate surface area is 469 Å². The first-order chi connectivity index (χ1) is 36.7. The fourth-order valence-electron chi connectivity index (χ4n) is 5.20. The summed E-state index contributed by atoms with van der Waals surface area (Å²) in [5, 5.41) is 37.6. The highest BCUT2D eigenvalue weighted by atomic mass is 19.1. The number of nitrogen functional groups attached to an aromatic ring is 1. The molecule has 0 saturated carbocycles. The van der Waals surface area contributed by atoms with Crippen LogP contribution in [-0.4, -0.2) is 80.2 Å². The van der Waals surface area contributed by atoms with Crippen molar-refractivity contribution in [3.8, 4) is 0 Å². The number of anilines is 8. The van der Waals surface area contributed by atoms with E-state index in [0.717, 1.165) is 7.11 Å². The Balaban J connectivity index is -0.000000949. The Bertz CT molecular complexity index is 2790. The number of amides is 1. The van der Waals surface area contributed by atoms with Gasteiger partial charge in [0.15, 0.2) is 0 Å². The van der Waals surface area contributed by atoms with E-state index in [2.05, 4.69) is 26.0 Å². The zero-order valence-electron chi connectivity index (χ0n) is 47.4. The number of nitrogens with two attached hydrogens (primary N) is 1. The van der Waals surface area contributed by atoms with Crippen molar-refractivity contribution in [2.24, 2.45) is 0 Å². The Morgan fingerprint density at radius 1 is 0.494 bits per heavy atom. The lowest BCUT2D eigenvalue weighted by Gasteiger charge is -2.20. The van der Waals surface area contributed by atoms with Gasteiger partial charge in [-0.25, -0.2) is 27.6 Å². The van der Waals surface area contributed by atoms with Crippen LogP contribution in [0.25, 0.3) is 0 Å². The molecule has 0 bridgehead atoms. The maximum Gasteiger partial charge on any atom is 0.519 e. The summed E-state index contributed by atoms with van der Waals surface area (Å²) < 4.78 is 59.4. The van der Waals surface area contributed by atoms with Crippen LogP contribution in [0.5, 0.6) is 0 Å². The average Bonchev–Trinajstić information content (AvgIpc) is 3.32. The molecule has 0 aromatic heterocycles. The van der Waals surface area contributed by atoms with Crippen LogP contribution < -0.4 is 27.0 Å². The predicted molar refractivity (Wildman–Crippen MR) is 305 cm³/mol. The molecule has 0 aliphatic carbocycles. The molecule has 0 aliphatic rings. The number of aliphatic hydroxyl groups is 2. The van der Waals surface area contributed by atoms with E-state index in [1.165, 1.54) is 36.4 Å². The topological polar surface area (TPSA) is 343 Å². The van der Waals surface area contributed by atoms with E-state index in [0.29, 0.717) is 34.1 Å². The molecule has 12 N–H and O–H groups in total. The number of hydrogen-bond donors (Lipinski definition) is 7. The highest BCUT2D eigenvalue weighted by Gasteiger charge is 2.24.